The lowest BCUT2D eigenvalue weighted by Gasteiger charge is -2.34. The molecule has 0 radical (unpaired) electrons. The molecule has 2 aromatic carbocycles. The SMILES string of the molecule is CN1CCN(c2ccc(Nc3nc(-c4ccc5cn[nH]c5c4)cn4ncnc34)cc2)CC1. The van der Waals surface area contributed by atoms with E-state index in [9.17, 15) is 0 Å². The first-order valence-corrected chi connectivity index (χ1v) is 10.7. The summed E-state index contributed by atoms with van der Waals surface area (Å²) >= 11 is 0. The van der Waals surface area contributed by atoms with Crippen LogP contribution in [0.3, 0.4) is 0 Å². The maximum Gasteiger partial charge on any atom is 0.198 e. The zero-order valence-corrected chi connectivity index (χ0v) is 17.7. The number of benzene rings is 2. The van der Waals surface area contributed by atoms with Crippen molar-refractivity contribution in [1.29, 1.82) is 0 Å². The average molecular weight is 426 g/mol. The molecule has 1 aliphatic heterocycles. The van der Waals surface area contributed by atoms with Crippen LogP contribution in [0.1, 0.15) is 0 Å². The van der Waals surface area contributed by atoms with Crippen molar-refractivity contribution in [1.82, 2.24) is 34.7 Å². The van der Waals surface area contributed by atoms with Gasteiger partial charge >= 0.3 is 0 Å². The third-order valence-corrected chi connectivity index (χ3v) is 6.00. The van der Waals surface area contributed by atoms with Gasteiger partial charge in [-0.15, -0.1) is 0 Å². The van der Waals surface area contributed by atoms with Crippen LogP contribution in [0.15, 0.2) is 61.2 Å². The first kappa shape index (κ1) is 18.8. The van der Waals surface area contributed by atoms with Gasteiger partial charge in [0.25, 0.3) is 0 Å². The first-order valence-electron chi connectivity index (χ1n) is 10.7. The monoisotopic (exact) mass is 425 g/mol. The molecule has 0 amide bonds. The molecule has 32 heavy (non-hydrogen) atoms. The zero-order chi connectivity index (χ0) is 21.5. The predicted octanol–water partition coefficient (Wildman–Crippen LogP) is 3.16. The fraction of sp³-hybridized carbons (Fsp3) is 0.217. The van der Waals surface area contributed by atoms with Gasteiger partial charge in [-0.05, 0) is 37.4 Å². The minimum absolute atomic E-state index is 0.664. The Hall–Kier alpha value is -3.98. The van der Waals surface area contributed by atoms with Crippen LogP contribution < -0.4 is 10.2 Å². The van der Waals surface area contributed by atoms with Crippen LogP contribution in [0.4, 0.5) is 17.2 Å². The van der Waals surface area contributed by atoms with E-state index >= 15 is 0 Å². The molecule has 1 aliphatic rings. The number of anilines is 3. The highest BCUT2D eigenvalue weighted by atomic mass is 15.3. The molecule has 1 saturated heterocycles. The third kappa shape index (κ3) is 3.42. The van der Waals surface area contributed by atoms with E-state index in [1.165, 1.54) is 5.69 Å². The standard InChI is InChI=1S/C23H23N9/c1-30-8-10-31(11-9-30)19-6-4-18(5-7-19)27-22-23-24-15-26-32(23)14-21(28-22)16-2-3-17-13-25-29-20(17)12-16/h2-7,12-15H,8-11H2,1H3,(H,25,29)(H,27,28). The molecular formula is C23H23N9. The molecule has 6 rings (SSSR count). The Morgan fingerprint density at radius 2 is 1.84 bits per heavy atom. The van der Waals surface area contributed by atoms with Crippen molar-refractivity contribution >= 4 is 33.7 Å². The molecule has 1 fully saturated rings. The van der Waals surface area contributed by atoms with Crippen LogP contribution in [0.2, 0.25) is 0 Å². The summed E-state index contributed by atoms with van der Waals surface area (Å²) in [5, 5.41) is 16.0. The van der Waals surface area contributed by atoms with Crippen molar-refractivity contribution in [2.45, 2.75) is 0 Å². The van der Waals surface area contributed by atoms with Crippen molar-refractivity contribution in [2.75, 3.05) is 43.4 Å². The normalized spacial score (nSPS) is 15.0. The summed E-state index contributed by atoms with van der Waals surface area (Å²) in [4.78, 5) is 14.0. The van der Waals surface area contributed by atoms with Crippen molar-refractivity contribution in [3.8, 4) is 11.3 Å². The Bertz CT molecular complexity index is 1380. The summed E-state index contributed by atoms with van der Waals surface area (Å²) in [6, 6.07) is 14.6. The fourth-order valence-electron chi connectivity index (χ4n) is 4.11. The molecule has 0 bridgehead atoms. The summed E-state index contributed by atoms with van der Waals surface area (Å²) in [6.45, 7) is 4.28. The lowest BCUT2D eigenvalue weighted by Crippen LogP contribution is -2.44. The van der Waals surface area contributed by atoms with E-state index < -0.39 is 0 Å². The van der Waals surface area contributed by atoms with Gasteiger partial charge in [-0.3, -0.25) is 5.10 Å². The van der Waals surface area contributed by atoms with Crippen LogP contribution in [0, 0.1) is 0 Å². The fourth-order valence-corrected chi connectivity index (χ4v) is 4.11. The van der Waals surface area contributed by atoms with Crippen LogP contribution in [-0.2, 0) is 0 Å². The summed E-state index contributed by atoms with van der Waals surface area (Å²) in [7, 11) is 2.17. The number of H-pyrrole nitrogens is 1. The van der Waals surface area contributed by atoms with E-state index in [4.69, 9.17) is 4.98 Å². The average Bonchev–Trinajstić information content (AvgIpc) is 3.49. The number of hydrogen-bond acceptors (Lipinski definition) is 7. The van der Waals surface area contributed by atoms with Gasteiger partial charge in [0.1, 0.15) is 6.33 Å². The Labute approximate surface area is 184 Å². The van der Waals surface area contributed by atoms with Crippen molar-refractivity contribution < 1.29 is 0 Å². The van der Waals surface area contributed by atoms with E-state index in [-0.39, 0.29) is 0 Å². The molecule has 9 heteroatoms. The molecule has 0 saturated carbocycles. The van der Waals surface area contributed by atoms with Gasteiger partial charge in [-0.2, -0.15) is 10.2 Å². The molecular weight excluding hydrogens is 402 g/mol. The van der Waals surface area contributed by atoms with Crippen LogP contribution in [0.5, 0.6) is 0 Å². The molecule has 3 aromatic heterocycles. The van der Waals surface area contributed by atoms with Gasteiger partial charge in [0.2, 0.25) is 0 Å². The summed E-state index contributed by atoms with van der Waals surface area (Å²) in [5.41, 5.74) is 5.63. The van der Waals surface area contributed by atoms with Gasteiger partial charge in [-0.1, -0.05) is 12.1 Å². The van der Waals surface area contributed by atoms with Gasteiger partial charge in [0.05, 0.1) is 23.6 Å². The van der Waals surface area contributed by atoms with Crippen LogP contribution in [-0.4, -0.2) is 67.9 Å². The van der Waals surface area contributed by atoms with Gasteiger partial charge in [0, 0.05) is 48.5 Å². The molecule has 0 atom stereocenters. The molecule has 0 spiro atoms. The van der Waals surface area contributed by atoms with E-state index in [1.807, 2.05) is 30.6 Å². The van der Waals surface area contributed by atoms with E-state index in [2.05, 4.69) is 66.7 Å². The Balaban J connectivity index is 1.31. The second-order valence-corrected chi connectivity index (χ2v) is 8.14. The Morgan fingerprint density at radius 1 is 1.00 bits per heavy atom. The number of likely N-dealkylation sites (N-methyl/N-ethyl adjacent to an activating group) is 1. The smallest absolute Gasteiger partial charge is 0.198 e. The van der Waals surface area contributed by atoms with E-state index in [0.29, 0.717) is 11.5 Å². The van der Waals surface area contributed by atoms with Crippen molar-refractivity contribution in [3.63, 3.8) is 0 Å². The number of fused-ring (bicyclic) bond motifs is 2. The molecule has 4 heterocycles. The van der Waals surface area contributed by atoms with Crippen molar-refractivity contribution in [3.05, 3.63) is 61.2 Å². The second-order valence-electron chi connectivity index (χ2n) is 8.14. The highest BCUT2D eigenvalue weighted by Gasteiger charge is 2.15. The Kier molecular flexibility index (Phi) is 4.46. The van der Waals surface area contributed by atoms with Gasteiger partial charge in [-0.25, -0.2) is 14.5 Å². The number of nitrogens with zero attached hydrogens (tertiary/aromatic N) is 7. The van der Waals surface area contributed by atoms with Crippen molar-refractivity contribution in [2.24, 2.45) is 0 Å². The number of piperazine rings is 1. The molecule has 0 aliphatic carbocycles. The minimum atomic E-state index is 0.664. The molecule has 0 unspecified atom stereocenters. The second kappa shape index (κ2) is 7.61. The highest BCUT2D eigenvalue weighted by Crippen LogP contribution is 2.27. The summed E-state index contributed by atoms with van der Waals surface area (Å²) in [5.74, 6) is 0.664. The number of hydrogen-bond donors (Lipinski definition) is 2. The van der Waals surface area contributed by atoms with Gasteiger partial charge in [0.15, 0.2) is 11.5 Å². The number of rotatable bonds is 4. The number of aromatic nitrogens is 6. The predicted molar refractivity (Wildman–Crippen MR) is 125 cm³/mol. The van der Waals surface area contributed by atoms with E-state index in [1.54, 1.807) is 10.8 Å². The summed E-state index contributed by atoms with van der Waals surface area (Å²) in [6.07, 6.45) is 5.24. The van der Waals surface area contributed by atoms with Crippen LogP contribution >= 0.6 is 0 Å². The summed E-state index contributed by atoms with van der Waals surface area (Å²) < 4.78 is 1.75. The number of nitrogens with one attached hydrogen (secondary N) is 2. The van der Waals surface area contributed by atoms with E-state index in [0.717, 1.165) is 54.0 Å². The van der Waals surface area contributed by atoms with Crippen LogP contribution in [0.25, 0.3) is 27.8 Å². The third-order valence-electron chi connectivity index (χ3n) is 6.00. The number of aromatic amines is 1. The lowest BCUT2D eigenvalue weighted by atomic mass is 10.1. The topological polar surface area (TPSA) is 90.3 Å². The van der Waals surface area contributed by atoms with Gasteiger partial charge < -0.3 is 15.1 Å². The minimum Gasteiger partial charge on any atom is -0.369 e. The maximum absolute atomic E-state index is 4.87. The largest absolute Gasteiger partial charge is 0.369 e. The lowest BCUT2D eigenvalue weighted by molar-refractivity contribution is 0.313. The zero-order valence-electron chi connectivity index (χ0n) is 17.7. The molecule has 2 N–H and O–H groups in total. The molecule has 9 nitrogen and oxygen atoms in total. The molecule has 5 aromatic rings. The molecule has 160 valence electrons. The first-order chi connectivity index (χ1) is 15.7. The quantitative estimate of drug-likeness (QED) is 0.457. The maximum atomic E-state index is 4.87. The Morgan fingerprint density at radius 3 is 2.69 bits per heavy atom. The highest BCUT2D eigenvalue weighted by molar-refractivity contribution is 5.83.